The normalized spacial score (nSPS) is 15.3. The fraction of sp³-hybridized carbons (Fsp3) is 0.400. The first-order valence-electron chi connectivity index (χ1n) is 7.05. The fourth-order valence-electron chi connectivity index (χ4n) is 2.75. The smallest absolute Gasteiger partial charge is 0.274 e. The van der Waals surface area contributed by atoms with Crippen molar-refractivity contribution in [2.24, 2.45) is 0 Å². The topological polar surface area (TPSA) is 59.2 Å². The van der Waals surface area contributed by atoms with Gasteiger partial charge in [0.15, 0.2) is 0 Å². The molecule has 1 aliphatic rings. The molecule has 1 fully saturated rings. The van der Waals surface area contributed by atoms with Gasteiger partial charge in [-0.25, -0.2) is 4.98 Å². The predicted molar refractivity (Wildman–Crippen MR) is 77.9 cm³/mol. The summed E-state index contributed by atoms with van der Waals surface area (Å²) < 4.78 is 5.38. The van der Waals surface area contributed by atoms with Gasteiger partial charge in [-0.05, 0) is 25.0 Å². The summed E-state index contributed by atoms with van der Waals surface area (Å²) in [6, 6.07) is 3.92. The fourth-order valence-corrected chi connectivity index (χ4v) is 2.89. The molecule has 0 bridgehead atoms. The second-order valence-corrected chi connectivity index (χ2v) is 5.56. The number of furan rings is 1. The number of halogens is 1. The number of carbonyl (C=O) groups excluding carboxylic acids is 1. The lowest BCUT2D eigenvalue weighted by atomic mass is 10.2. The van der Waals surface area contributed by atoms with Crippen molar-refractivity contribution < 1.29 is 9.21 Å². The SMILES string of the molecule is O=C(c1cncc(Cl)n1)N(Cc1ccco1)C1CCCC1. The zero-order valence-corrected chi connectivity index (χ0v) is 12.3. The number of nitrogens with zero attached hydrogens (tertiary/aromatic N) is 3. The molecular formula is C15H16ClN3O2. The molecule has 5 nitrogen and oxygen atoms in total. The van der Waals surface area contributed by atoms with Crippen LogP contribution in [0.1, 0.15) is 41.9 Å². The molecule has 0 atom stereocenters. The van der Waals surface area contributed by atoms with E-state index in [-0.39, 0.29) is 22.8 Å². The van der Waals surface area contributed by atoms with Crippen molar-refractivity contribution in [1.29, 1.82) is 0 Å². The molecule has 21 heavy (non-hydrogen) atoms. The van der Waals surface area contributed by atoms with E-state index < -0.39 is 0 Å². The third-order valence-corrected chi connectivity index (χ3v) is 3.94. The summed E-state index contributed by atoms with van der Waals surface area (Å²) in [7, 11) is 0. The minimum absolute atomic E-state index is 0.145. The van der Waals surface area contributed by atoms with Crippen LogP contribution in [0.5, 0.6) is 0 Å². The molecule has 1 amide bonds. The molecule has 0 spiro atoms. The molecule has 1 saturated carbocycles. The zero-order valence-electron chi connectivity index (χ0n) is 11.5. The average Bonchev–Trinajstić information content (AvgIpc) is 3.17. The summed E-state index contributed by atoms with van der Waals surface area (Å²) in [6.45, 7) is 0.449. The van der Waals surface area contributed by atoms with Crippen LogP contribution in [0, 0.1) is 0 Å². The minimum atomic E-state index is -0.145. The van der Waals surface area contributed by atoms with Crippen LogP contribution in [-0.4, -0.2) is 26.8 Å². The van der Waals surface area contributed by atoms with Crippen LogP contribution in [-0.2, 0) is 6.54 Å². The first-order chi connectivity index (χ1) is 10.2. The van der Waals surface area contributed by atoms with Gasteiger partial charge >= 0.3 is 0 Å². The molecule has 0 N–H and O–H groups in total. The van der Waals surface area contributed by atoms with E-state index in [0.717, 1.165) is 31.4 Å². The molecule has 1 aliphatic carbocycles. The quantitative estimate of drug-likeness (QED) is 0.869. The van der Waals surface area contributed by atoms with Gasteiger partial charge in [0, 0.05) is 6.04 Å². The Morgan fingerprint density at radius 2 is 2.19 bits per heavy atom. The standard InChI is InChI=1S/C15H16ClN3O2/c16-14-9-17-8-13(18-14)15(20)19(11-4-1-2-5-11)10-12-6-3-7-21-12/h3,6-9,11H,1-2,4-5,10H2. The Kier molecular flexibility index (Phi) is 4.20. The highest BCUT2D eigenvalue weighted by atomic mass is 35.5. The van der Waals surface area contributed by atoms with E-state index in [1.54, 1.807) is 6.26 Å². The molecule has 0 radical (unpaired) electrons. The van der Waals surface area contributed by atoms with Gasteiger partial charge in [0.2, 0.25) is 0 Å². The number of rotatable bonds is 4. The van der Waals surface area contributed by atoms with E-state index in [2.05, 4.69) is 9.97 Å². The molecule has 0 saturated heterocycles. The maximum atomic E-state index is 12.7. The van der Waals surface area contributed by atoms with Crippen LogP contribution in [0.2, 0.25) is 5.15 Å². The largest absolute Gasteiger partial charge is 0.467 e. The van der Waals surface area contributed by atoms with E-state index in [4.69, 9.17) is 16.0 Å². The van der Waals surface area contributed by atoms with Crippen molar-refractivity contribution in [2.45, 2.75) is 38.3 Å². The highest BCUT2D eigenvalue weighted by Crippen LogP contribution is 2.26. The van der Waals surface area contributed by atoms with Gasteiger partial charge in [-0.2, -0.15) is 0 Å². The number of amides is 1. The molecular weight excluding hydrogens is 290 g/mol. The molecule has 0 aliphatic heterocycles. The van der Waals surface area contributed by atoms with E-state index in [9.17, 15) is 4.79 Å². The van der Waals surface area contributed by atoms with Gasteiger partial charge < -0.3 is 9.32 Å². The van der Waals surface area contributed by atoms with E-state index in [1.165, 1.54) is 12.4 Å². The lowest BCUT2D eigenvalue weighted by molar-refractivity contribution is 0.0642. The lowest BCUT2D eigenvalue weighted by Crippen LogP contribution is -2.38. The molecule has 6 heteroatoms. The van der Waals surface area contributed by atoms with Crippen molar-refractivity contribution in [3.05, 3.63) is 47.4 Å². The Bertz CT molecular complexity index is 609. The van der Waals surface area contributed by atoms with Crippen LogP contribution in [0.4, 0.5) is 0 Å². The molecule has 0 aromatic carbocycles. The van der Waals surface area contributed by atoms with E-state index >= 15 is 0 Å². The number of hydrogen-bond acceptors (Lipinski definition) is 4. The van der Waals surface area contributed by atoms with Crippen molar-refractivity contribution in [3.8, 4) is 0 Å². The van der Waals surface area contributed by atoms with Crippen molar-refractivity contribution in [1.82, 2.24) is 14.9 Å². The molecule has 2 heterocycles. The van der Waals surface area contributed by atoms with Gasteiger partial charge in [0.25, 0.3) is 5.91 Å². The number of carbonyl (C=O) groups is 1. The second kappa shape index (κ2) is 6.26. The van der Waals surface area contributed by atoms with Crippen LogP contribution < -0.4 is 0 Å². The molecule has 0 unspecified atom stereocenters. The predicted octanol–water partition coefficient (Wildman–Crippen LogP) is 3.31. The average molecular weight is 306 g/mol. The van der Waals surface area contributed by atoms with Gasteiger partial charge in [0.1, 0.15) is 16.6 Å². The summed E-state index contributed by atoms with van der Waals surface area (Å²) in [4.78, 5) is 22.6. The maximum Gasteiger partial charge on any atom is 0.274 e. The van der Waals surface area contributed by atoms with Gasteiger partial charge in [-0.15, -0.1) is 0 Å². The Morgan fingerprint density at radius 1 is 1.38 bits per heavy atom. The van der Waals surface area contributed by atoms with Gasteiger partial charge in [-0.3, -0.25) is 9.78 Å². The molecule has 2 aromatic heterocycles. The molecule has 3 rings (SSSR count). The van der Waals surface area contributed by atoms with Gasteiger partial charge in [0.05, 0.1) is 25.2 Å². The minimum Gasteiger partial charge on any atom is -0.467 e. The summed E-state index contributed by atoms with van der Waals surface area (Å²) in [6.07, 6.45) is 8.82. The first kappa shape index (κ1) is 14.1. The Balaban J connectivity index is 1.85. The number of hydrogen-bond donors (Lipinski definition) is 0. The van der Waals surface area contributed by atoms with E-state index in [0.29, 0.717) is 6.54 Å². The van der Waals surface area contributed by atoms with E-state index in [1.807, 2.05) is 17.0 Å². The maximum absolute atomic E-state index is 12.7. The third-order valence-electron chi connectivity index (χ3n) is 3.76. The van der Waals surface area contributed by atoms with Crippen LogP contribution in [0.25, 0.3) is 0 Å². The van der Waals surface area contributed by atoms with Crippen molar-refractivity contribution in [3.63, 3.8) is 0 Å². The van der Waals surface area contributed by atoms with Crippen LogP contribution in [0.15, 0.2) is 35.2 Å². The summed E-state index contributed by atoms with van der Waals surface area (Å²) in [5.74, 6) is 0.624. The Morgan fingerprint density at radius 3 is 2.86 bits per heavy atom. The van der Waals surface area contributed by atoms with Crippen LogP contribution in [0.3, 0.4) is 0 Å². The lowest BCUT2D eigenvalue weighted by Gasteiger charge is -2.27. The monoisotopic (exact) mass is 305 g/mol. The van der Waals surface area contributed by atoms with Crippen LogP contribution >= 0.6 is 11.6 Å². The Hall–Kier alpha value is -1.88. The summed E-state index contributed by atoms with van der Waals surface area (Å²) in [5.41, 5.74) is 0.279. The highest BCUT2D eigenvalue weighted by molar-refractivity contribution is 6.29. The third kappa shape index (κ3) is 3.24. The first-order valence-corrected chi connectivity index (χ1v) is 7.43. The summed E-state index contributed by atoms with van der Waals surface area (Å²) in [5, 5.41) is 0.227. The second-order valence-electron chi connectivity index (χ2n) is 5.18. The highest BCUT2D eigenvalue weighted by Gasteiger charge is 2.29. The zero-order chi connectivity index (χ0) is 14.7. The van der Waals surface area contributed by atoms with Crippen molar-refractivity contribution in [2.75, 3.05) is 0 Å². The summed E-state index contributed by atoms with van der Waals surface area (Å²) >= 11 is 5.83. The molecule has 110 valence electrons. The molecule has 2 aromatic rings. The number of aromatic nitrogens is 2. The Labute approximate surface area is 127 Å². The van der Waals surface area contributed by atoms with Crippen molar-refractivity contribution >= 4 is 17.5 Å². The van der Waals surface area contributed by atoms with Gasteiger partial charge in [-0.1, -0.05) is 24.4 Å².